The molecule has 20 heavy (non-hydrogen) atoms. The van der Waals surface area contributed by atoms with Crippen LogP contribution < -0.4 is 10.5 Å². The highest BCUT2D eigenvalue weighted by Crippen LogP contribution is 2.25. The van der Waals surface area contributed by atoms with Crippen LogP contribution in [0.2, 0.25) is 0 Å². The zero-order valence-corrected chi connectivity index (χ0v) is 12.4. The fourth-order valence-electron chi connectivity index (χ4n) is 1.79. The van der Waals surface area contributed by atoms with Crippen LogP contribution >= 0.6 is 0 Å². The molecule has 0 fully saturated rings. The molecule has 1 aromatic rings. The number of benzene rings is 1. The molecule has 0 aliphatic carbocycles. The number of nitrogens with two attached hydrogens (primary N) is 1. The summed E-state index contributed by atoms with van der Waals surface area (Å²) in [4.78, 5) is 11.6. The second-order valence-electron chi connectivity index (χ2n) is 5.60. The summed E-state index contributed by atoms with van der Waals surface area (Å²) < 4.78 is 23.7. The molecule has 0 spiro atoms. The normalized spacial score (nSPS) is 12.9. The van der Waals surface area contributed by atoms with Crippen molar-refractivity contribution in [2.45, 2.75) is 33.2 Å². The van der Waals surface area contributed by atoms with E-state index >= 15 is 0 Å². The van der Waals surface area contributed by atoms with E-state index in [0.29, 0.717) is 17.7 Å². The Morgan fingerprint density at radius 2 is 2.10 bits per heavy atom. The van der Waals surface area contributed by atoms with E-state index in [2.05, 4.69) is 0 Å². The highest BCUT2D eigenvalue weighted by molar-refractivity contribution is 5.75. The van der Waals surface area contributed by atoms with Crippen LogP contribution in [0.5, 0.6) is 5.75 Å². The molecule has 5 heteroatoms. The Hall–Kier alpha value is -1.62. The van der Waals surface area contributed by atoms with E-state index in [4.69, 9.17) is 15.2 Å². The van der Waals surface area contributed by atoms with Crippen molar-refractivity contribution in [2.75, 3.05) is 13.7 Å². The number of rotatable bonds is 6. The molecule has 0 aliphatic heterocycles. The molecule has 1 rings (SSSR count). The van der Waals surface area contributed by atoms with E-state index in [1.54, 1.807) is 19.9 Å². The van der Waals surface area contributed by atoms with Crippen molar-refractivity contribution < 1.29 is 18.7 Å². The lowest BCUT2D eigenvalue weighted by molar-refractivity contribution is -0.152. The van der Waals surface area contributed by atoms with E-state index in [9.17, 15) is 9.18 Å². The first-order valence-electron chi connectivity index (χ1n) is 6.51. The van der Waals surface area contributed by atoms with E-state index in [1.807, 2.05) is 6.92 Å². The molecule has 0 saturated heterocycles. The number of esters is 1. The Morgan fingerprint density at radius 1 is 1.45 bits per heavy atom. The summed E-state index contributed by atoms with van der Waals surface area (Å²) >= 11 is 0. The van der Waals surface area contributed by atoms with E-state index in [0.717, 1.165) is 0 Å². The van der Waals surface area contributed by atoms with Gasteiger partial charge in [0.2, 0.25) is 0 Å². The molecule has 0 amide bonds. The minimum absolute atomic E-state index is 0.104. The monoisotopic (exact) mass is 283 g/mol. The van der Waals surface area contributed by atoms with Gasteiger partial charge in [-0.05, 0) is 51.0 Å². The molecule has 112 valence electrons. The highest BCUT2D eigenvalue weighted by atomic mass is 19.1. The molecular weight excluding hydrogens is 261 g/mol. The summed E-state index contributed by atoms with van der Waals surface area (Å²) in [5.41, 5.74) is 5.67. The molecule has 0 aliphatic rings. The number of hydrogen-bond donors (Lipinski definition) is 1. The number of hydrogen-bond acceptors (Lipinski definition) is 4. The Kier molecular flexibility index (Phi) is 5.51. The van der Waals surface area contributed by atoms with Gasteiger partial charge in [0.1, 0.15) is 18.2 Å². The van der Waals surface area contributed by atoms with Crippen LogP contribution in [0.1, 0.15) is 26.3 Å². The van der Waals surface area contributed by atoms with Crippen LogP contribution in [0.3, 0.4) is 0 Å². The van der Waals surface area contributed by atoms with Crippen LogP contribution in [-0.2, 0) is 16.0 Å². The van der Waals surface area contributed by atoms with Crippen molar-refractivity contribution in [3.63, 3.8) is 0 Å². The summed E-state index contributed by atoms with van der Waals surface area (Å²) in [7, 11) is 1.34. The van der Waals surface area contributed by atoms with Gasteiger partial charge in [0.05, 0.1) is 12.5 Å². The maximum absolute atomic E-state index is 13.3. The van der Waals surface area contributed by atoms with Crippen LogP contribution in [0.25, 0.3) is 0 Å². The molecule has 1 unspecified atom stereocenters. The van der Waals surface area contributed by atoms with Crippen molar-refractivity contribution in [3.8, 4) is 5.75 Å². The van der Waals surface area contributed by atoms with Gasteiger partial charge >= 0.3 is 5.97 Å². The van der Waals surface area contributed by atoms with Crippen LogP contribution in [0, 0.1) is 11.2 Å². The summed E-state index contributed by atoms with van der Waals surface area (Å²) in [5, 5.41) is 0. The minimum atomic E-state index is -0.769. The SMILES string of the molecule is COC(=O)C(C)(C)COc1ccc(F)cc1CC(C)N. The molecule has 1 aromatic carbocycles. The average Bonchev–Trinajstić information content (AvgIpc) is 2.36. The van der Waals surface area contributed by atoms with Gasteiger partial charge in [0.15, 0.2) is 0 Å². The second kappa shape index (κ2) is 6.70. The summed E-state index contributed by atoms with van der Waals surface area (Å²) in [6.45, 7) is 5.45. The second-order valence-corrected chi connectivity index (χ2v) is 5.60. The predicted molar refractivity (Wildman–Crippen MR) is 75.0 cm³/mol. The van der Waals surface area contributed by atoms with Crippen molar-refractivity contribution in [1.29, 1.82) is 0 Å². The topological polar surface area (TPSA) is 61.5 Å². The largest absolute Gasteiger partial charge is 0.492 e. The van der Waals surface area contributed by atoms with Crippen molar-refractivity contribution >= 4 is 5.97 Å². The quantitative estimate of drug-likeness (QED) is 0.814. The number of methoxy groups -OCH3 is 1. The van der Waals surface area contributed by atoms with Gasteiger partial charge in [-0.3, -0.25) is 4.79 Å². The highest BCUT2D eigenvalue weighted by Gasteiger charge is 2.30. The fourth-order valence-corrected chi connectivity index (χ4v) is 1.79. The van der Waals surface area contributed by atoms with Gasteiger partial charge in [0.25, 0.3) is 0 Å². The third kappa shape index (κ3) is 4.49. The molecule has 0 bridgehead atoms. The van der Waals surface area contributed by atoms with E-state index in [-0.39, 0.29) is 24.4 Å². The number of ether oxygens (including phenoxy) is 2. The van der Waals surface area contributed by atoms with Crippen LogP contribution in [0.15, 0.2) is 18.2 Å². The first kappa shape index (κ1) is 16.4. The Labute approximate surface area is 119 Å². The lowest BCUT2D eigenvalue weighted by Gasteiger charge is -2.23. The first-order valence-corrected chi connectivity index (χ1v) is 6.51. The van der Waals surface area contributed by atoms with Gasteiger partial charge in [-0.25, -0.2) is 4.39 Å². The van der Waals surface area contributed by atoms with Crippen LogP contribution in [0.4, 0.5) is 4.39 Å². The third-order valence-electron chi connectivity index (χ3n) is 2.89. The molecule has 0 heterocycles. The first-order chi connectivity index (χ1) is 9.26. The van der Waals surface area contributed by atoms with Gasteiger partial charge in [0, 0.05) is 6.04 Å². The summed E-state index contributed by atoms with van der Waals surface area (Å²) in [5.74, 6) is -0.144. The molecular formula is C15H22FNO3. The van der Waals surface area contributed by atoms with Crippen molar-refractivity contribution in [1.82, 2.24) is 0 Å². The smallest absolute Gasteiger partial charge is 0.314 e. The predicted octanol–water partition coefficient (Wildman–Crippen LogP) is 2.29. The molecule has 0 aromatic heterocycles. The molecule has 1 atom stereocenters. The number of carbonyl (C=O) groups excluding carboxylic acids is 1. The summed E-state index contributed by atoms with van der Waals surface area (Å²) in [6.07, 6.45) is 0.506. The van der Waals surface area contributed by atoms with Crippen molar-refractivity contribution in [3.05, 3.63) is 29.6 Å². The molecule has 2 N–H and O–H groups in total. The maximum atomic E-state index is 13.3. The lowest BCUT2D eigenvalue weighted by atomic mass is 9.95. The standard InChI is InChI=1S/C15H22FNO3/c1-10(17)7-11-8-12(16)5-6-13(11)20-9-15(2,3)14(18)19-4/h5-6,8,10H,7,9,17H2,1-4H3. The molecule has 0 radical (unpaired) electrons. The Bertz CT molecular complexity index is 472. The average molecular weight is 283 g/mol. The maximum Gasteiger partial charge on any atom is 0.314 e. The van der Waals surface area contributed by atoms with Gasteiger partial charge < -0.3 is 15.2 Å². The molecule has 4 nitrogen and oxygen atoms in total. The fraction of sp³-hybridized carbons (Fsp3) is 0.533. The van der Waals surface area contributed by atoms with E-state index < -0.39 is 5.41 Å². The number of halogens is 1. The molecule has 0 saturated carbocycles. The Morgan fingerprint density at radius 3 is 2.65 bits per heavy atom. The zero-order valence-electron chi connectivity index (χ0n) is 12.4. The van der Waals surface area contributed by atoms with Gasteiger partial charge in [-0.2, -0.15) is 0 Å². The zero-order chi connectivity index (χ0) is 15.3. The van der Waals surface area contributed by atoms with Crippen molar-refractivity contribution in [2.24, 2.45) is 11.1 Å². The van der Waals surface area contributed by atoms with Gasteiger partial charge in [-0.15, -0.1) is 0 Å². The van der Waals surface area contributed by atoms with Crippen LogP contribution in [-0.4, -0.2) is 25.7 Å². The van der Waals surface area contributed by atoms with E-state index in [1.165, 1.54) is 19.2 Å². The third-order valence-corrected chi connectivity index (χ3v) is 2.89. The lowest BCUT2D eigenvalue weighted by Crippen LogP contribution is -2.32. The minimum Gasteiger partial charge on any atom is -0.492 e. The van der Waals surface area contributed by atoms with Gasteiger partial charge in [-0.1, -0.05) is 0 Å². The Balaban J connectivity index is 2.84. The summed E-state index contributed by atoms with van der Waals surface area (Å²) in [6, 6.07) is 4.18. The number of carbonyl (C=O) groups is 1.